The number of hydrogen-bond donors (Lipinski definition) is 0. The van der Waals surface area contributed by atoms with Crippen molar-refractivity contribution in [3.05, 3.63) is 0 Å². The SMILES string of the molecule is CN1CCCC(C)(C(C)(C)C)CC1. The molecule has 0 saturated carbocycles. The Hall–Kier alpha value is -0.0400. The Bertz CT molecular complexity index is 168. The van der Waals surface area contributed by atoms with Gasteiger partial charge < -0.3 is 4.90 Å². The second-order valence-electron chi connectivity index (χ2n) is 5.97. The maximum Gasteiger partial charge on any atom is -0.00164 e. The van der Waals surface area contributed by atoms with Gasteiger partial charge in [-0.25, -0.2) is 0 Å². The van der Waals surface area contributed by atoms with E-state index in [2.05, 4.69) is 39.6 Å². The molecule has 1 heterocycles. The maximum atomic E-state index is 2.47. The van der Waals surface area contributed by atoms with Gasteiger partial charge in [0.15, 0.2) is 0 Å². The largest absolute Gasteiger partial charge is 0.306 e. The van der Waals surface area contributed by atoms with Crippen LogP contribution in [0, 0.1) is 10.8 Å². The highest BCUT2D eigenvalue weighted by Crippen LogP contribution is 2.45. The van der Waals surface area contributed by atoms with Crippen LogP contribution in [-0.4, -0.2) is 25.0 Å². The van der Waals surface area contributed by atoms with Gasteiger partial charge in [0.2, 0.25) is 0 Å². The number of rotatable bonds is 0. The lowest BCUT2D eigenvalue weighted by atomic mass is 9.64. The molecule has 0 N–H and O–H groups in total. The molecule has 1 heteroatoms. The molecule has 1 atom stereocenters. The van der Waals surface area contributed by atoms with Crippen LogP contribution in [-0.2, 0) is 0 Å². The van der Waals surface area contributed by atoms with E-state index in [0.29, 0.717) is 10.8 Å². The highest BCUT2D eigenvalue weighted by Gasteiger charge is 2.37. The Morgan fingerprint density at radius 3 is 2.23 bits per heavy atom. The minimum atomic E-state index is 0.457. The number of likely N-dealkylation sites (tertiary alicyclic amines) is 1. The maximum absolute atomic E-state index is 2.47. The molecule has 0 aromatic heterocycles. The molecule has 0 aromatic carbocycles. The Morgan fingerprint density at radius 2 is 1.69 bits per heavy atom. The van der Waals surface area contributed by atoms with Crippen LogP contribution in [0.2, 0.25) is 0 Å². The topological polar surface area (TPSA) is 3.24 Å². The summed E-state index contributed by atoms with van der Waals surface area (Å²) in [7, 11) is 2.24. The highest BCUT2D eigenvalue weighted by atomic mass is 15.1. The van der Waals surface area contributed by atoms with Gasteiger partial charge in [0, 0.05) is 0 Å². The minimum Gasteiger partial charge on any atom is -0.306 e. The van der Waals surface area contributed by atoms with Crippen molar-refractivity contribution in [2.24, 2.45) is 10.8 Å². The first-order valence-electron chi connectivity index (χ1n) is 5.54. The fraction of sp³-hybridized carbons (Fsp3) is 1.00. The van der Waals surface area contributed by atoms with Crippen molar-refractivity contribution in [3.63, 3.8) is 0 Å². The van der Waals surface area contributed by atoms with E-state index in [9.17, 15) is 0 Å². The van der Waals surface area contributed by atoms with E-state index < -0.39 is 0 Å². The van der Waals surface area contributed by atoms with Crippen molar-refractivity contribution in [1.82, 2.24) is 4.90 Å². The normalized spacial score (nSPS) is 33.0. The summed E-state index contributed by atoms with van der Waals surface area (Å²) in [6.45, 7) is 12.2. The Morgan fingerprint density at radius 1 is 1.08 bits per heavy atom. The van der Waals surface area contributed by atoms with Gasteiger partial charge in [0.05, 0.1) is 0 Å². The molecule has 13 heavy (non-hydrogen) atoms. The van der Waals surface area contributed by atoms with Crippen molar-refractivity contribution in [3.8, 4) is 0 Å². The third kappa shape index (κ3) is 2.46. The van der Waals surface area contributed by atoms with Crippen LogP contribution in [0.15, 0.2) is 0 Å². The highest BCUT2D eigenvalue weighted by molar-refractivity contribution is 4.88. The zero-order valence-corrected chi connectivity index (χ0v) is 9.98. The van der Waals surface area contributed by atoms with E-state index in [1.165, 1.54) is 32.4 Å². The predicted molar refractivity (Wildman–Crippen MR) is 58.9 cm³/mol. The Labute approximate surface area is 83.5 Å². The summed E-state index contributed by atoms with van der Waals surface area (Å²) in [5.41, 5.74) is 0.996. The van der Waals surface area contributed by atoms with E-state index in [-0.39, 0.29) is 0 Å². The number of hydrogen-bond acceptors (Lipinski definition) is 1. The zero-order chi connectivity index (χ0) is 10.1. The standard InChI is InChI=1S/C12H25N/c1-11(2,3)12(4)7-6-9-13(5)10-8-12/h6-10H2,1-5H3. The number of nitrogens with zero attached hydrogens (tertiary/aromatic N) is 1. The van der Waals surface area contributed by atoms with Crippen LogP contribution in [0.25, 0.3) is 0 Å². The summed E-state index contributed by atoms with van der Waals surface area (Å²) >= 11 is 0. The molecule has 1 aliphatic heterocycles. The molecule has 78 valence electrons. The Kier molecular flexibility index (Phi) is 3.06. The first-order chi connectivity index (χ1) is 5.85. The van der Waals surface area contributed by atoms with Gasteiger partial charge in [0.25, 0.3) is 0 Å². The fourth-order valence-corrected chi connectivity index (χ4v) is 2.16. The molecular weight excluding hydrogens is 158 g/mol. The summed E-state index contributed by atoms with van der Waals surface area (Å²) in [5, 5.41) is 0. The molecule has 1 unspecified atom stereocenters. The van der Waals surface area contributed by atoms with Crippen molar-refractivity contribution in [2.45, 2.75) is 47.0 Å². The van der Waals surface area contributed by atoms with Gasteiger partial charge in [-0.05, 0) is 50.2 Å². The van der Waals surface area contributed by atoms with Gasteiger partial charge in [-0.15, -0.1) is 0 Å². The first kappa shape index (κ1) is 11.0. The van der Waals surface area contributed by atoms with E-state index in [1.807, 2.05) is 0 Å². The minimum absolute atomic E-state index is 0.457. The fourth-order valence-electron chi connectivity index (χ4n) is 2.16. The van der Waals surface area contributed by atoms with Crippen LogP contribution in [0.1, 0.15) is 47.0 Å². The predicted octanol–water partition coefficient (Wildman–Crippen LogP) is 3.15. The summed E-state index contributed by atoms with van der Waals surface area (Å²) in [6.07, 6.45) is 4.11. The van der Waals surface area contributed by atoms with Crippen molar-refractivity contribution >= 4 is 0 Å². The molecule has 0 radical (unpaired) electrons. The summed E-state index contributed by atoms with van der Waals surface area (Å²) in [5.74, 6) is 0. The van der Waals surface area contributed by atoms with Gasteiger partial charge >= 0.3 is 0 Å². The summed E-state index contributed by atoms with van der Waals surface area (Å²) < 4.78 is 0. The monoisotopic (exact) mass is 183 g/mol. The summed E-state index contributed by atoms with van der Waals surface area (Å²) in [6, 6.07) is 0. The second-order valence-corrected chi connectivity index (χ2v) is 5.97. The van der Waals surface area contributed by atoms with E-state index >= 15 is 0 Å². The third-order valence-electron chi connectivity index (χ3n) is 4.12. The lowest BCUT2D eigenvalue weighted by Gasteiger charge is -2.41. The van der Waals surface area contributed by atoms with E-state index in [0.717, 1.165) is 0 Å². The molecule has 1 saturated heterocycles. The molecular formula is C12H25N. The molecule has 0 bridgehead atoms. The smallest absolute Gasteiger partial charge is 0.00164 e. The second kappa shape index (κ2) is 3.61. The quantitative estimate of drug-likeness (QED) is 0.557. The van der Waals surface area contributed by atoms with Gasteiger partial charge in [-0.2, -0.15) is 0 Å². The van der Waals surface area contributed by atoms with Crippen LogP contribution >= 0.6 is 0 Å². The molecule has 1 nitrogen and oxygen atoms in total. The zero-order valence-electron chi connectivity index (χ0n) is 9.98. The first-order valence-corrected chi connectivity index (χ1v) is 5.54. The molecule has 0 aromatic rings. The molecule has 0 aliphatic carbocycles. The molecule has 0 spiro atoms. The average Bonchev–Trinajstić information content (AvgIpc) is 2.13. The van der Waals surface area contributed by atoms with Crippen molar-refractivity contribution < 1.29 is 0 Å². The molecule has 1 rings (SSSR count). The lowest BCUT2D eigenvalue weighted by Crippen LogP contribution is -2.33. The molecule has 0 amide bonds. The Balaban J connectivity index is 2.68. The van der Waals surface area contributed by atoms with Gasteiger partial charge in [0.1, 0.15) is 0 Å². The molecule has 1 aliphatic rings. The third-order valence-corrected chi connectivity index (χ3v) is 4.12. The van der Waals surface area contributed by atoms with Crippen molar-refractivity contribution in [2.75, 3.05) is 20.1 Å². The van der Waals surface area contributed by atoms with Gasteiger partial charge in [-0.3, -0.25) is 0 Å². The average molecular weight is 183 g/mol. The summed E-state index contributed by atoms with van der Waals surface area (Å²) in [4.78, 5) is 2.47. The van der Waals surface area contributed by atoms with E-state index in [4.69, 9.17) is 0 Å². The van der Waals surface area contributed by atoms with E-state index in [1.54, 1.807) is 0 Å². The van der Waals surface area contributed by atoms with Crippen LogP contribution < -0.4 is 0 Å². The lowest BCUT2D eigenvalue weighted by molar-refractivity contribution is 0.0886. The molecule has 1 fully saturated rings. The van der Waals surface area contributed by atoms with Crippen LogP contribution in [0.5, 0.6) is 0 Å². The van der Waals surface area contributed by atoms with Crippen LogP contribution in [0.4, 0.5) is 0 Å². The van der Waals surface area contributed by atoms with Crippen molar-refractivity contribution in [1.29, 1.82) is 0 Å². The van der Waals surface area contributed by atoms with Crippen LogP contribution in [0.3, 0.4) is 0 Å². The van der Waals surface area contributed by atoms with Gasteiger partial charge in [-0.1, -0.05) is 27.7 Å².